The molecule has 1 nitrogen and oxygen atoms in total. The van der Waals surface area contributed by atoms with Gasteiger partial charge >= 0.3 is 0 Å². The summed E-state index contributed by atoms with van der Waals surface area (Å²) in [4.78, 5) is 12.1. The number of rotatable bonds is 2. The molecule has 1 rings (SSSR count). The molecule has 0 saturated heterocycles. The summed E-state index contributed by atoms with van der Waals surface area (Å²) in [5, 5.41) is 0. The van der Waals surface area contributed by atoms with Crippen LogP contribution in [-0.2, 0) is 4.79 Å². The molecule has 1 aliphatic rings. The lowest BCUT2D eigenvalue weighted by Crippen LogP contribution is -2.15. The van der Waals surface area contributed by atoms with Gasteiger partial charge in [0.1, 0.15) is 5.78 Å². The van der Waals surface area contributed by atoms with Crippen molar-refractivity contribution in [2.45, 2.75) is 66.2 Å². The van der Waals surface area contributed by atoms with Crippen LogP contribution < -0.4 is 0 Å². The number of hydrogen-bond donors (Lipinski definition) is 0. The van der Waals surface area contributed by atoms with Crippen molar-refractivity contribution >= 4 is 5.78 Å². The van der Waals surface area contributed by atoms with E-state index in [1.165, 1.54) is 16.7 Å². The van der Waals surface area contributed by atoms with E-state index in [0.29, 0.717) is 12.2 Å². The summed E-state index contributed by atoms with van der Waals surface area (Å²) in [6.07, 6.45) is 12.8. The smallest absolute Gasteiger partial charge is 0.139 e. The molecule has 1 atom stereocenters. The van der Waals surface area contributed by atoms with Gasteiger partial charge in [-0.2, -0.15) is 0 Å². The molecule has 0 aromatic heterocycles. The van der Waals surface area contributed by atoms with Crippen molar-refractivity contribution in [3.8, 4) is 0 Å². The topological polar surface area (TPSA) is 17.1 Å². The van der Waals surface area contributed by atoms with Gasteiger partial charge in [0, 0.05) is 12.3 Å². The lowest BCUT2D eigenvalue weighted by molar-refractivity contribution is -0.121. The number of allylic oxidation sites excluding steroid dienone is 6. The normalized spacial score (nSPS) is 30.7. The fraction of sp³-hybridized carbons (Fsp3) is 0.611. The van der Waals surface area contributed by atoms with Crippen molar-refractivity contribution in [3.05, 3.63) is 34.9 Å². The van der Waals surface area contributed by atoms with Gasteiger partial charge in [0.15, 0.2) is 0 Å². The molecular formula is C18H28O. The zero-order valence-electron chi connectivity index (χ0n) is 13.0. The summed E-state index contributed by atoms with van der Waals surface area (Å²) >= 11 is 0. The Labute approximate surface area is 118 Å². The van der Waals surface area contributed by atoms with Crippen LogP contribution in [0.2, 0.25) is 0 Å². The largest absolute Gasteiger partial charge is 0.299 e. The molecule has 0 aliphatic heterocycles. The predicted octanol–water partition coefficient (Wildman–Crippen LogP) is 5.38. The standard InChI is InChI=1S/C18H28O/c1-5-18(19)17-13-12-15(3)9-6-8-14(2)10-7-11-16(17)4/h9-11,17H,5-8,12-13H2,1-4H3/b14-10-,15-9-,16-11+. The van der Waals surface area contributed by atoms with Crippen molar-refractivity contribution in [1.29, 1.82) is 0 Å². The second-order valence-corrected chi connectivity index (χ2v) is 5.73. The number of carbonyl (C=O) groups is 1. The highest BCUT2D eigenvalue weighted by atomic mass is 16.1. The first kappa shape index (κ1) is 15.9. The summed E-state index contributed by atoms with van der Waals surface area (Å²) in [5.41, 5.74) is 4.13. The first-order chi connectivity index (χ1) is 9.04. The molecule has 0 fully saturated rings. The number of hydrogen-bond acceptors (Lipinski definition) is 1. The monoisotopic (exact) mass is 260 g/mol. The first-order valence-electron chi connectivity index (χ1n) is 7.55. The van der Waals surface area contributed by atoms with Crippen LogP contribution >= 0.6 is 0 Å². The second-order valence-electron chi connectivity index (χ2n) is 5.73. The minimum Gasteiger partial charge on any atom is -0.299 e. The van der Waals surface area contributed by atoms with Gasteiger partial charge in [-0.15, -0.1) is 0 Å². The van der Waals surface area contributed by atoms with Crippen LogP contribution in [0.25, 0.3) is 0 Å². The van der Waals surface area contributed by atoms with E-state index in [0.717, 1.165) is 32.1 Å². The summed E-state index contributed by atoms with van der Waals surface area (Å²) in [7, 11) is 0. The van der Waals surface area contributed by atoms with Gasteiger partial charge < -0.3 is 0 Å². The molecule has 1 unspecified atom stereocenters. The molecule has 0 N–H and O–H groups in total. The van der Waals surface area contributed by atoms with Crippen molar-refractivity contribution in [3.63, 3.8) is 0 Å². The molecule has 0 bridgehead atoms. The van der Waals surface area contributed by atoms with Crippen LogP contribution in [0.1, 0.15) is 66.2 Å². The van der Waals surface area contributed by atoms with E-state index in [2.05, 4.69) is 39.0 Å². The highest BCUT2D eigenvalue weighted by Crippen LogP contribution is 2.24. The van der Waals surface area contributed by atoms with E-state index < -0.39 is 0 Å². The van der Waals surface area contributed by atoms with E-state index in [4.69, 9.17) is 0 Å². The molecule has 0 saturated carbocycles. The number of ketones is 1. The maximum Gasteiger partial charge on any atom is 0.139 e. The van der Waals surface area contributed by atoms with Crippen LogP contribution in [0.15, 0.2) is 34.9 Å². The van der Waals surface area contributed by atoms with Crippen molar-refractivity contribution in [1.82, 2.24) is 0 Å². The molecule has 0 aromatic carbocycles. The second kappa shape index (κ2) is 8.14. The molecule has 0 aromatic rings. The molecule has 0 heterocycles. The molecule has 19 heavy (non-hydrogen) atoms. The number of Topliss-reactive ketones (excluding diaryl/α,β-unsaturated/α-hetero) is 1. The van der Waals surface area contributed by atoms with Crippen LogP contribution in [-0.4, -0.2) is 5.78 Å². The lowest BCUT2D eigenvalue weighted by atomic mass is 9.87. The third-order valence-corrected chi connectivity index (χ3v) is 4.05. The van der Waals surface area contributed by atoms with Gasteiger partial charge in [0.25, 0.3) is 0 Å². The Bertz CT molecular complexity index is 396. The molecule has 0 spiro atoms. The van der Waals surface area contributed by atoms with Crippen LogP contribution in [0.3, 0.4) is 0 Å². The van der Waals surface area contributed by atoms with Gasteiger partial charge in [0.2, 0.25) is 0 Å². The quantitative estimate of drug-likeness (QED) is 0.609. The van der Waals surface area contributed by atoms with Gasteiger partial charge in [-0.05, 0) is 52.9 Å². The molecule has 106 valence electrons. The van der Waals surface area contributed by atoms with E-state index in [1.54, 1.807) is 0 Å². The van der Waals surface area contributed by atoms with Crippen LogP contribution in [0.5, 0.6) is 0 Å². The summed E-state index contributed by atoms with van der Waals surface area (Å²) < 4.78 is 0. The lowest BCUT2D eigenvalue weighted by Gasteiger charge is -2.17. The van der Waals surface area contributed by atoms with Crippen molar-refractivity contribution < 1.29 is 4.79 Å². The zero-order chi connectivity index (χ0) is 14.3. The zero-order valence-corrected chi connectivity index (χ0v) is 13.0. The van der Waals surface area contributed by atoms with E-state index >= 15 is 0 Å². The fourth-order valence-corrected chi connectivity index (χ4v) is 2.60. The summed E-state index contributed by atoms with van der Waals surface area (Å²) in [6, 6.07) is 0. The Morgan fingerprint density at radius 1 is 1.11 bits per heavy atom. The molecule has 1 aliphatic carbocycles. The van der Waals surface area contributed by atoms with E-state index in [-0.39, 0.29) is 5.92 Å². The van der Waals surface area contributed by atoms with E-state index in [9.17, 15) is 4.79 Å². The van der Waals surface area contributed by atoms with Crippen LogP contribution in [0, 0.1) is 5.92 Å². The average molecular weight is 260 g/mol. The van der Waals surface area contributed by atoms with Gasteiger partial charge in [-0.3, -0.25) is 4.79 Å². The molecule has 0 radical (unpaired) electrons. The Morgan fingerprint density at radius 2 is 1.79 bits per heavy atom. The SMILES string of the molecule is CCC(=O)C1CC/C(C)=C\CC/C(C)=C\C/C=C/1C. The minimum atomic E-state index is 0.126. The third kappa shape index (κ3) is 5.59. The summed E-state index contributed by atoms with van der Waals surface area (Å²) in [5.74, 6) is 0.515. The third-order valence-electron chi connectivity index (χ3n) is 4.05. The highest BCUT2D eigenvalue weighted by Gasteiger charge is 2.18. The summed E-state index contributed by atoms with van der Waals surface area (Å²) in [6.45, 7) is 8.48. The minimum absolute atomic E-state index is 0.126. The van der Waals surface area contributed by atoms with Gasteiger partial charge in [-0.25, -0.2) is 0 Å². The Morgan fingerprint density at radius 3 is 2.47 bits per heavy atom. The fourth-order valence-electron chi connectivity index (χ4n) is 2.60. The molecule has 0 amide bonds. The Balaban J connectivity index is 2.91. The van der Waals surface area contributed by atoms with Crippen molar-refractivity contribution in [2.24, 2.45) is 5.92 Å². The van der Waals surface area contributed by atoms with Gasteiger partial charge in [-0.1, -0.05) is 41.9 Å². The highest BCUT2D eigenvalue weighted by molar-refractivity contribution is 5.83. The maximum atomic E-state index is 12.1. The number of carbonyl (C=O) groups excluding carboxylic acids is 1. The van der Waals surface area contributed by atoms with Gasteiger partial charge in [0.05, 0.1) is 0 Å². The maximum absolute atomic E-state index is 12.1. The first-order valence-corrected chi connectivity index (χ1v) is 7.55. The molecular weight excluding hydrogens is 232 g/mol. The van der Waals surface area contributed by atoms with Crippen LogP contribution in [0.4, 0.5) is 0 Å². The average Bonchev–Trinajstić information content (AvgIpc) is 2.37. The predicted molar refractivity (Wildman–Crippen MR) is 83.1 cm³/mol. The molecule has 1 heteroatoms. The van der Waals surface area contributed by atoms with Crippen molar-refractivity contribution in [2.75, 3.05) is 0 Å². The van der Waals surface area contributed by atoms with E-state index in [1.807, 2.05) is 6.92 Å². The Hall–Kier alpha value is -1.11. The Kier molecular flexibility index (Phi) is 6.83.